The van der Waals surface area contributed by atoms with Crippen LogP contribution in [0.15, 0.2) is 29.4 Å². The molecule has 0 atom stereocenters. The molecular formula is C12H14N2O3. The smallest absolute Gasteiger partial charge is 0.433 e. The van der Waals surface area contributed by atoms with Crippen molar-refractivity contribution >= 4 is 11.8 Å². The van der Waals surface area contributed by atoms with Crippen LogP contribution < -0.4 is 10.1 Å². The molecule has 17 heavy (non-hydrogen) atoms. The largest absolute Gasteiger partial charge is 0.492 e. The third-order valence-electron chi connectivity index (χ3n) is 2.35. The third-order valence-corrected chi connectivity index (χ3v) is 2.35. The molecule has 0 unspecified atom stereocenters. The summed E-state index contributed by atoms with van der Waals surface area (Å²) in [7, 11) is 0. The molecule has 0 spiro atoms. The topological polar surface area (TPSA) is 59.9 Å². The second-order valence-electron chi connectivity index (χ2n) is 3.54. The quantitative estimate of drug-likeness (QED) is 0.628. The van der Waals surface area contributed by atoms with Gasteiger partial charge in [-0.05, 0) is 19.1 Å². The number of hydrogen-bond acceptors (Lipinski definition) is 4. The molecule has 1 aliphatic rings. The zero-order chi connectivity index (χ0) is 12.1. The molecule has 0 bridgehead atoms. The summed E-state index contributed by atoms with van der Waals surface area (Å²) >= 11 is 0. The number of ether oxygens (including phenoxy) is 1. The Labute approximate surface area is 99.4 Å². The standard InChI is InChI=1S/C12H14N2O3/c1-2-13-12(15)17-14-10-7-8-16-11-6-4-3-5-9(10)11/h3-6H,2,7-8H2,1H3,(H,13,15). The van der Waals surface area contributed by atoms with Gasteiger partial charge in [0.15, 0.2) is 0 Å². The minimum Gasteiger partial charge on any atom is -0.492 e. The zero-order valence-electron chi connectivity index (χ0n) is 9.60. The van der Waals surface area contributed by atoms with Crippen molar-refractivity contribution in [3.63, 3.8) is 0 Å². The summed E-state index contributed by atoms with van der Waals surface area (Å²) in [6.07, 6.45) is 0.0973. The Morgan fingerprint density at radius 2 is 2.35 bits per heavy atom. The zero-order valence-corrected chi connectivity index (χ0v) is 9.60. The van der Waals surface area contributed by atoms with Gasteiger partial charge in [0.05, 0.1) is 12.3 Å². The van der Waals surface area contributed by atoms with Gasteiger partial charge in [0.1, 0.15) is 5.75 Å². The van der Waals surface area contributed by atoms with Crippen molar-refractivity contribution in [3.8, 4) is 5.75 Å². The van der Waals surface area contributed by atoms with Gasteiger partial charge >= 0.3 is 6.09 Å². The van der Waals surface area contributed by atoms with Crippen LogP contribution in [-0.4, -0.2) is 25.0 Å². The molecule has 0 saturated heterocycles. The first-order valence-electron chi connectivity index (χ1n) is 5.55. The minimum atomic E-state index is -0.538. The number of benzene rings is 1. The summed E-state index contributed by atoms with van der Waals surface area (Å²) < 4.78 is 5.47. The van der Waals surface area contributed by atoms with Gasteiger partial charge in [-0.15, -0.1) is 0 Å². The molecule has 0 saturated carbocycles. The number of nitrogens with one attached hydrogen (secondary N) is 1. The van der Waals surface area contributed by atoms with Crippen LogP contribution in [0.2, 0.25) is 0 Å². The highest BCUT2D eigenvalue weighted by molar-refractivity contribution is 6.03. The number of hydrogen-bond donors (Lipinski definition) is 1. The first kappa shape index (κ1) is 11.4. The van der Waals surface area contributed by atoms with E-state index in [4.69, 9.17) is 9.57 Å². The molecular weight excluding hydrogens is 220 g/mol. The summed E-state index contributed by atoms with van der Waals surface area (Å²) in [6, 6.07) is 7.56. The van der Waals surface area contributed by atoms with E-state index in [1.54, 1.807) is 0 Å². The number of oxime groups is 1. The van der Waals surface area contributed by atoms with E-state index in [-0.39, 0.29) is 0 Å². The molecule has 5 nitrogen and oxygen atoms in total. The fourth-order valence-electron chi connectivity index (χ4n) is 1.59. The summed E-state index contributed by atoms with van der Waals surface area (Å²) in [5.74, 6) is 0.775. The van der Waals surface area contributed by atoms with Crippen LogP contribution in [0.25, 0.3) is 0 Å². The summed E-state index contributed by atoms with van der Waals surface area (Å²) in [5.41, 5.74) is 1.61. The van der Waals surface area contributed by atoms with Crippen molar-refractivity contribution < 1.29 is 14.4 Å². The number of para-hydroxylation sites is 1. The molecule has 1 heterocycles. The Balaban J connectivity index is 2.12. The first-order chi connectivity index (χ1) is 8.31. The van der Waals surface area contributed by atoms with Crippen molar-refractivity contribution in [2.75, 3.05) is 13.2 Å². The van der Waals surface area contributed by atoms with Crippen molar-refractivity contribution in [2.45, 2.75) is 13.3 Å². The van der Waals surface area contributed by atoms with Crippen molar-refractivity contribution in [1.82, 2.24) is 5.32 Å². The van der Waals surface area contributed by atoms with Gasteiger partial charge in [0.25, 0.3) is 0 Å². The van der Waals surface area contributed by atoms with Crippen LogP contribution in [0.5, 0.6) is 5.75 Å². The number of carbonyl (C=O) groups excluding carboxylic acids is 1. The molecule has 1 amide bonds. The van der Waals surface area contributed by atoms with E-state index >= 15 is 0 Å². The van der Waals surface area contributed by atoms with Gasteiger partial charge in [0.2, 0.25) is 0 Å². The monoisotopic (exact) mass is 234 g/mol. The number of amides is 1. The van der Waals surface area contributed by atoms with E-state index in [0.29, 0.717) is 19.6 Å². The molecule has 1 aromatic rings. The highest BCUT2D eigenvalue weighted by Crippen LogP contribution is 2.24. The number of rotatable bonds is 2. The molecule has 1 aliphatic heterocycles. The van der Waals surface area contributed by atoms with Crippen LogP contribution >= 0.6 is 0 Å². The predicted octanol–water partition coefficient (Wildman–Crippen LogP) is 1.92. The van der Waals surface area contributed by atoms with Gasteiger partial charge < -0.3 is 10.1 Å². The van der Waals surface area contributed by atoms with Crippen LogP contribution in [0.4, 0.5) is 4.79 Å². The van der Waals surface area contributed by atoms with E-state index < -0.39 is 6.09 Å². The molecule has 2 rings (SSSR count). The maximum absolute atomic E-state index is 11.1. The second-order valence-corrected chi connectivity index (χ2v) is 3.54. The Bertz CT molecular complexity index is 443. The molecule has 5 heteroatoms. The summed E-state index contributed by atoms with van der Waals surface area (Å²) in [4.78, 5) is 15.9. The maximum Gasteiger partial charge on any atom is 0.433 e. The van der Waals surface area contributed by atoms with E-state index in [1.807, 2.05) is 31.2 Å². The SMILES string of the molecule is CCNC(=O)ON=C1CCOc2ccccc21. The predicted molar refractivity (Wildman–Crippen MR) is 63.2 cm³/mol. The lowest BCUT2D eigenvalue weighted by Crippen LogP contribution is -2.23. The molecule has 1 N–H and O–H groups in total. The molecule has 1 aromatic carbocycles. The first-order valence-corrected chi connectivity index (χ1v) is 5.55. The van der Waals surface area contributed by atoms with E-state index in [1.165, 1.54) is 0 Å². The highest BCUT2D eigenvalue weighted by atomic mass is 16.7. The number of carbonyl (C=O) groups is 1. The fraction of sp³-hybridized carbons (Fsp3) is 0.333. The molecule has 0 fully saturated rings. The normalized spacial score (nSPS) is 15.9. The average molecular weight is 234 g/mol. The Morgan fingerprint density at radius 1 is 1.53 bits per heavy atom. The Hall–Kier alpha value is -2.04. The Kier molecular flexibility index (Phi) is 3.59. The lowest BCUT2D eigenvalue weighted by Gasteiger charge is -2.17. The average Bonchev–Trinajstić information content (AvgIpc) is 2.36. The van der Waals surface area contributed by atoms with Gasteiger partial charge in [-0.2, -0.15) is 0 Å². The van der Waals surface area contributed by atoms with Crippen molar-refractivity contribution in [2.24, 2.45) is 5.16 Å². The molecule has 0 radical (unpaired) electrons. The second kappa shape index (κ2) is 5.34. The third kappa shape index (κ3) is 2.75. The minimum absolute atomic E-state index is 0.517. The van der Waals surface area contributed by atoms with Crippen LogP contribution in [0, 0.1) is 0 Å². The lowest BCUT2D eigenvalue weighted by atomic mass is 10.0. The van der Waals surface area contributed by atoms with Gasteiger partial charge in [-0.3, -0.25) is 4.84 Å². The van der Waals surface area contributed by atoms with Crippen LogP contribution in [0.3, 0.4) is 0 Å². The van der Waals surface area contributed by atoms with Gasteiger partial charge in [0, 0.05) is 18.5 Å². The molecule has 0 aliphatic carbocycles. The molecule has 90 valence electrons. The summed E-state index contributed by atoms with van der Waals surface area (Å²) in [5, 5.41) is 6.38. The van der Waals surface area contributed by atoms with Crippen LogP contribution in [0.1, 0.15) is 18.9 Å². The van der Waals surface area contributed by atoms with Gasteiger partial charge in [-0.25, -0.2) is 4.79 Å². The summed E-state index contributed by atoms with van der Waals surface area (Å²) in [6.45, 7) is 2.89. The Morgan fingerprint density at radius 3 is 3.18 bits per heavy atom. The fourth-order valence-corrected chi connectivity index (χ4v) is 1.59. The van der Waals surface area contributed by atoms with Crippen LogP contribution in [-0.2, 0) is 4.84 Å². The highest BCUT2D eigenvalue weighted by Gasteiger charge is 2.16. The molecule has 0 aromatic heterocycles. The lowest BCUT2D eigenvalue weighted by molar-refractivity contribution is 0.150. The maximum atomic E-state index is 11.1. The van der Waals surface area contributed by atoms with E-state index in [0.717, 1.165) is 17.0 Å². The van der Waals surface area contributed by atoms with E-state index in [9.17, 15) is 4.79 Å². The number of fused-ring (bicyclic) bond motifs is 1. The van der Waals surface area contributed by atoms with Crippen molar-refractivity contribution in [3.05, 3.63) is 29.8 Å². The number of nitrogens with zero attached hydrogens (tertiary/aromatic N) is 1. The van der Waals surface area contributed by atoms with Crippen molar-refractivity contribution in [1.29, 1.82) is 0 Å². The van der Waals surface area contributed by atoms with E-state index in [2.05, 4.69) is 10.5 Å². The van der Waals surface area contributed by atoms with Gasteiger partial charge in [-0.1, -0.05) is 17.3 Å².